The van der Waals surface area contributed by atoms with Crippen LogP contribution in [0.4, 0.5) is 0 Å². The van der Waals surface area contributed by atoms with E-state index in [2.05, 4.69) is 27.0 Å². The maximum Gasteiger partial charge on any atom is 0.254 e. The third-order valence-electron chi connectivity index (χ3n) is 2.80. The predicted octanol–water partition coefficient (Wildman–Crippen LogP) is 0.811. The van der Waals surface area contributed by atoms with E-state index in [0.717, 1.165) is 5.56 Å². The number of carbonyl (C=O) groups excluding carboxylic acids is 1. The van der Waals surface area contributed by atoms with Crippen LogP contribution in [-0.4, -0.2) is 44.7 Å². The average Bonchev–Trinajstić information content (AvgIpc) is 3.00. The van der Waals surface area contributed by atoms with E-state index in [1.54, 1.807) is 36.2 Å². The topological polar surface area (TPSA) is 82.1 Å². The van der Waals surface area contributed by atoms with Gasteiger partial charge in [-0.05, 0) is 24.3 Å². The summed E-state index contributed by atoms with van der Waals surface area (Å²) in [5, 5.41) is 15.1. The molecule has 0 aliphatic heterocycles. The normalized spacial score (nSPS) is 9.81. The van der Waals surface area contributed by atoms with Crippen molar-refractivity contribution < 1.29 is 9.90 Å². The minimum absolute atomic E-state index is 0.0516. The Morgan fingerprint density at radius 1 is 1.38 bits per heavy atom. The van der Waals surface area contributed by atoms with Gasteiger partial charge in [0.05, 0.1) is 13.2 Å². The number of amides is 1. The van der Waals surface area contributed by atoms with Gasteiger partial charge in [0.15, 0.2) is 0 Å². The highest BCUT2D eigenvalue weighted by Crippen LogP contribution is 2.08. The van der Waals surface area contributed by atoms with Crippen LogP contribution in [0.1, 0.15) is 28.2 Å². The third-order valence-corrected chi connectivity index (χ3v) is 2.80. The molecule has 0 unspecified atom stereocenters. The first-order chi connectivity index (χ1) is 10.2. The highest BCUT2D eigenvalue weighted by molar-refractivity contribution is 5.94. The monoisotopic (exact) mass is 284 g/mol. The molecule has 0 radical (unpaired) electrons. The average molecular weight is 284 g/mol. The minimum Gasteiger partial charge on any atom is -0.395 e. The molecule has 0 saturated carbocycles. The Morgan fingerprint density at radius 3 is 2.76 bits per heavy atom. The SMILES string of the molecule is CN(Cc1ncn[nH]1)C(=O)c1ccc(C#CCCO)cc1. The zero-order chi connectivity index (χ0) is 15.1. The molecule has 0 saturated heterocycles. The molecule has 108 valence electrons. The summed E-state index contributed by atoms with van der Waals surface area (Å²) in [5.74, 6) is 6.30. The van der Waals surface area contributed by atoms with Gasteiger partial charge in [0.1, 0.15) is 12.2 Å². The number of nitrogens with one attached hydrogen (secondary N) is 1. The number of nitrogens with zero attached hydrogens (tertiary/aromatic N) is 3. The van der Waals surface area contributed by atoms with Crippen molar-refractivity contribution in [1.29, 1.82) is 0 Å². The summed E-state index contributed by atoms with van der Waals surface area (Å²) in [7, 11) is 1.71. The van der Waals surface area contributed by atoms with Crippen LogP contribution in [0.2, 0.25) is 0 Å². The van der Waals surface area contributed by atoms with Crippen molar-refractivity contribution in [1.82, 2.24) is 20.1 Å². The fourth-order valence-electron chi connectivity index (χ4n) is 1.74. The molecule has 1 aromatic carbocycles. The minimum atomic E-state index is -0.0960. The highest BCUT2D eigenvalue weighted by atomic mass is 16.2. The summed E-state index contributed by atoms with van der Waals surface area (Å²) in [4.78, 5) is 17.8. The molecule has 0 atom stereocenters. The van der Waals surface area contributed by atoms with Gasteiger partial charge in [-0.3, -0.25) is 9.89 Å². The smallest absolute Gasteiger partial charge is 0.254 e. The van der Waals surface area contributed by atoms with Crippen LogP contribution >= 0.6 is 0 Å². The second kappa shape index (κ2) is 7.22. The number of carbonyl (C=O) groups is 1. The van der Waals surface area contributed by atoms with Crippen molar-refractivity contribution in [3.63, 3.8) is 0 Å². The first-order valence-corrected chi connectivity index (χ1v) is 6.50. The van der Waals surface area contributed by atoms with Crippen LogP contribution in [0.25, 0.3) is 0 Å². The van der Waals surface area contributed by atoms with E-state index in [0.29, 0.717) is 24.4 Å². The molecule has 21 heavy (non-hydrogen) atoms. The van der Waals surface area contributed by atoms with Gasteiger partial charge in [0.2, 0.25) is 0 Å². The van der Waals surface area contributed by atoms with Gasteiger partial charge in [-0.15, -0.1) is 0 Å². The fourth-order valence-corrected chi connectivity index (χ4v) is 1.74. The molecule has 6 nitrogen and oxygen atoms in total. The van der Waals surface area contributed by atoms with Crippen LogP contribution in [0.15, 0.2) is 30.6 Å². The van der Waals surface area contributed by atoms with Gasteiger partial charge in [0.25, 0.3) is 5.91 Å². The van der Waals surface area contributed by atoms with E-state index in [9.17, 15) is 4.79 Å². The lowest BCUT2D eigenvalue weighted by Gasteiger charge is -2.15. The van der Waals surface area contributed by atoms with Crippen LogP contribution in [0, 0.1) is 11.8 Å². The fraction of sp³-hybridized carbons (Fsp3) is 0.267. The van der Waals surface area contributed by atoms with E-state index in [4.69, 9.17) is 5.11 Å². The molecule has 0 bridgehead atoms. The van der Waals surface area contributed by atoms with Gasteiger partial charge < -0.3 is 10.0 Å². The summed E-state index contributed by atoms with van der Waals surface area (Å²) in [6.07, 6.45) is 1.86. The number of aliphatic hydroxyl groups excluding tert-OH is 1. The number of hydrogen-bond donors (Lipinski definition) is 2. The predicted molar refractivity (Wildman–Crippen MR) is 77.2 cm³/mol. The van der Waals surface area contributed by atoms with Crippen molar-refractivity contribution in [3.05, 3.63) is 47.5 Å². The number of aromatic amines is 1. The summed E-state index contributed by atoms with van der Waals surface area (Å²) in [5.41, 5.74) is 1.41. The second-order valence-corrected chi connectivity index (χ2v) is 4.45. The number of H-pyrrole nitrogens is 1. The van der Waals surface area contributed by atoms with Crippen LogP contribution < -0.4 is 0 Å². The highest BCUT2D eigenvalue weighted by Gasteiger charge is 2.12. The molecule has 1 aromatic heterocycles. The number of rotatable bonds is 4. The number of benzene rings is 1. The summed E-state index contributed by atoms with van der Waals surface area (Å²) in [6.45, 7) is 0.424. The zero-order valence-corrected chi connectivity index (χ0v) is 11.7. The molecule has 0 spiro atoms. The molecule has 6 heteroatoms. The molecule has 0 fully saturated rings. The standard InChI is InChI=1S/C15H16N4O2/c1-19(10-14-16-11-17-18-14)15(21)13-7-5-12(6-8-13)4-2-3-9-20/h5-8,11,20H,3,9-10H2,1H3,(H,16,17,18). The Labute approximate surface area is 122 Å². The summed E-state index contributed by atoms with van der Waals surface area (Å²) < 4.78 is 0. The number of aliphatic hydroxyl groups is 1. The van der Waals surface area contributed by atoms with E-state index < -0.39 is 0 Å². The Morgan fingerprint density at radius 2 is 2.14 bits per heavy atom. The Bertz CT molecular complexity index is 639. The molecular weight excluding hydrogens is 268 g/mol. The molecule has 2 aromatic rings. The molecule has 0 aliphatic rings. The lowest BCUT2D eigenvalue weighted by atomic mass is 10.1. The summed E-state index contributed by atoms with van der Waals surface area (Å²) in [6, 6.07) is 7.06. The quantitative estimate of drug-likeness (QED) is 0.814. The third kappa shape index (κ3) is 4.16. The van der Waals surface area contributed by atoms with Crippen molar-refractivity contribution >= 4 is 5.91 Å². The van der Waals surface area contributed by atoms with Gasteiger partial charge >= 0.3 is 0 Å². The molecular formula is C15H16N4O2. The maximum absolute atomic E-state index is 12.2. The van der Waals surface area contributed by atoms with Gasteiger partial charge in [-0.2, -0.15) is 5.10 Å². The molecule has 1 heterocycles. The van der Waals surface area contributed by atoms with Crippen molar-refractivity contribution in [3.8, 4) is 11.8 Å². The molecule has 1 amide bonds. The molecule has 2 rings (SSSR count). The van der Waals surface area contributed by atoms with Crippen molar-refractivity contribution in [2.45, 2.75) is 13.0 Å². The van der Waals surface area contributed by atoms with E-state index in [1.807, 2.05) is 0 Å². The van der Waals surface area contributed by atoms with E-state index in [1.165, 1.54) is 6.33 Å². The first kappa shape index (κ1) is 14.8. The number of aromatic nitrogens is 3. The van der Waals surface area contributed by atoms with E-state index in [-0.39, 0.29) is 12.5 Å². The lowest BCUT2D eigenvalue weighted by molar-refractivity contribution is 0.0781. The number of hydrogen-bond acceptors (Lipinski definition) is 4. The Hall–Kier alpha value is -2.65. The zero-order valence-electron chi connectivity index (χ0n) is 11.7. The van der Waals surface area contributed by atoms with Crippen LogP contribution in [0.3, 0.4) is 0 Å². The van der Waals surface area contributed by atoms with Crippen LogP contribution in [-0.2, 0) is 6.54 Å². The molecule has 2 N–H and O–H groups in total. The maximum atomic E-state index is 12.2. The van der Waals surface area contributed by atoms with Crippen molar-refractivity contribution in [2.75, 3.05) is 13.7 Å². The van der Waals surface area contributed by atoms with E-state index >= 15 is 0 Å². The molecule has 0 aliphatic carbocycles. The Kier molecular flexibility index (Phi) is 5.07. The first-order valence-electron chi connectivity index (χ1n) is 6.50. The second-order valence-electron chi connectivity index (χ2n) is 4.45. The largest absolute Gasteiger partial charge is 0.395 e. The van der Waals surface area contributed by atoms with Gasteiger partial charge in [-0.1, -0.05) is 11.8 Å². The van der Waals surface area contributed by atoms with Gasteiger partial charge in [0, 0.05) is 24.6 Å². The van der Waals surface area contributed by atoms with Crippen molar-refractivity contribution in [2.24, 2.45) is 0 Å². The van der Waals surface area contributed by atoms with Gasteiger partial charge in [-0.25, -0.2) is 4.98 Å². The summed E-state index contributed by atoms with van der Waals surface area (Å²) >= 11 is 0. The lowest BCUT2D eigenvalue weighted by Crippen LogP contribution is -2.26. The van der Waals surface area contributed by atoms with Crippen LogP contribution in [0.5, 0.6) is 0 Å². The Balaban J connectivity index is 2.01.